The van der Waals surface area contributed by atoms with Gasteiger partial charge in [-0.2, -0.15) is 4.39 Å². The van der Waals surface area contributed by atoms with Gasteiger partial charge < -0.3 is 8.97 Å². The van der Waals surface area contributed by atoms with Crippen molar-refractivity contribution in [3.05, 3.63) is 101 Å². The Kier molecular flexibility index (Phi) is 6.01. The van der Waals surface area contributed by atoms with Crippen LogP contribution in [0.4, 0.5) is 9.52 Å². The monoisotopic (exact) mass is 472 g/mol. The first-order valence-electron chi connectivity index (χ1n) is 10.8. The third kappa shape index (κ3) is 4.65. The van der Waals surface area contributed by atoms with E-state index in [0.717, 1.165) is 29.0 Å². The second kappa shape index (κ2) is 9.40. The average molecular weight is 473 g/mol. The molecule has 0 unspecified atom stereocenters. The summed E-state index contributed by atoms with van der Waals surface area (Å²) in [6.07, 6.45) is 9.90. The minimum absolute atomic E-state index is 0.281. The molecular formula is C25H21FN6OS. The Morgan fingerprint density at radius 1 is 1.15 bits per heavy atom. The van der Waals surface area contributed by atoms with E-state index in [1.165, 1.54) is 29.3 Å². The molecule has 0 fully saturated rings. The van der Waals surface area contributed by atoms with Gasteiger partial charge in [-0.3, -0.25) is 10.1 Å². The molecule has 0 radical (unpaired) electrons. The van der Waals surface area contributed by atoms with Gasteiger partial charge in [0.1, 0.15) is 11.3 Å². The maximum Gasteiger partial charge on any atom is 0.274 e. The van der Waals surface area contributed by atoms with Gasteiger partial charge in [-0.25, -0.2) is 15.0 Å². The zero-order valence-corrected chi connectivity index (χ0v) is 19.2. The van der Waals surface area contributed by atoms with Crippen LogP contribution in [-0.2, 0) is 13.0 Å². The number of anilines is 1. The van der Waals surface area contributed by atoms with Crippen LogP contribution in [0.25, 0.3) is 17.8 Å². The van der Waals surface area contributed by atoms with E-state index in [4.69, 9.17) is 0 Å². The van der Waals surface area contributed by atoms with E-state index < -0.39 is 5.95 Å². The molecule has 5 rings (SSSR count). The van der Waals surface area contributed by atoms with Crippen molar-refractivity contribution in [1.29, 1.82) is 0 Å². The molecule has 170 valence electrons. The van der Waals surface area contributed by atoms with Crippen LogP contribution in [-0.4, -0.2) is 29.8 Å². The Labute approximate surface area is 199 Å². The van der Waals surface area contributed by atoms with E-state index in [1.54, 1.807) is 29.0 Å². The molecular weight excluding hydrogens is 451 g/mol. The van der Waals surface area contributed by atoms with Crippen molar-refractivity contribution >= 4 is 40.2 Å². The third-order valence-corrected chi connectivity index (χ3v) is 6.11. The molecule has 0 spiro atoms. The highest BCUT2D eigenvalue weighted by Crippen LogP contribution is 2.19. The highest BCUT2D eigenvalue weighted by atomic mass is 32.1. The zero-order valence-electron chi connectivity index (χ0n) is 18.4. The van der Waals surface area contributed by atoms with Crippen molar-refractivity contribution in [1.82, 2.24) is 23.9 Å². The van der Waals surface area contributed by atoms with Gasteiger partial charge in [0.05, 0.1) is 11.4 Å². The van der Waals surface area contributed by atoms with Crippen LogP contribution in [0.5, 0.6) is 0 Å². The van der Waals surface area contributed by atoms with Crippen molar-refractivity contribution in [3.63, 3.8) is 0 Å². The summed E-state index contributed by atoms with van der Waals surface area (Å²) >= 11 is 1.35. The average Bonchev–Trinajstić information content (AvgIpc) is 3.57. The van der Waals surface area contributed by atoms with Gasteiger partial charge >= 0.3 is 0 Å². The number of aromatic nitrogens is 5. The summed E-state index contributed by atoms with van der Waals surface area (Å²) in [5.74, 6) is -0.828. The fraction of sp³-hybridized carbons (Fsp3) is 0.120. The molecule has 0 aliphatic carbocycles. The fourth-order valence-corrected chi connectivity index (χ4v) is 4.38. The number of imidazole rings is 1. The van der Waals surface area contributed by atoms with Crippen LogP contribution in [0.15, 0.2) is 66.4 Å². The van der Waals surface area contributed by atoms with E-state index in [-0.39, 0.29) is 5.91 Å². The Hall–Kier alpha value is -4.11. The number of nitrogens with zero attached hydrogens (tertiary/aromatic N) is 5. The number of aryl methyl sites for hydroxylation is 1. The lowest BCUT2D eigenvalue weighted by Crippen LogP contribution is -2.17. The molecule has 34 heavy (non-hydrogen) atoms. The normalized spacial score (nSPS) is 11.5. The molecule has 1 amide bonds. The lowest BCUT2D eigenvalue weighted by molar-refractivity contribution is 0.101. The molecule has 0 bridgehead atoms. The molecule has 5 aromatic rings. The molecule has 0 saturated heterocycles. The maximum atomic E-state index is 13.4. The second-order valence-electron chi connectivity index (χ2n) is 7.64. The summed E-state index contributed by atoms with van der Waals surface area (Å²) in [5, 5.41) is 5.21. The number of thiazole rings is 1. The van der Waals surface area contributed by atoms with Gasteiger partial charge in [0.15, 0.2) is 5.13 Å². The van der Waals surface area contributed by atoms with Crippen LogP contribution in [0.3, 0.4) is 0 Å². The minimum atomic E-state index is -0.548. The number of amides is 1. The van der Waals surface area contributed by atoms with E-state index in [1.807, 2.05) is 35.9 Å². The van der Waals surface area contributed by atoms with E-state index in [9.17, 15) is 9.18 Å². The summed E-state index contributed by atoms with van der Waals surface area (Å²) in [7, 11) is 0. The van der Waals surface area contributed by atoms with Crippen LogP contribution in [0.2, 0.25) is 0 Å². The van der Waals surface area contributed by atoms with Gasteiger partial charge in [-0.1, -0.05) is 13.0 Å². The minimum Gasteiger partial charge on any atom is -0.339 e. The lowest BCUT2D eigenvalue weighted by atomic mass is 10.2. The summed E-state index contributed by atoms with van der Waals surface area (Å²) in [5.41, 5.74) is 4.85. The number of nitrogens with one attached hydrogen (secondary N) is 1. The predicted octanol–water partition coefficient (Wildman–Crippen LogP) is 5.16. The van der Waals surface area contributed by atoms with Crippen LogP contribution >= 0.6 is 11.3 Å². The first kappa shape index (κ1) is 21.7. The first-order valence-corrected chi connectivity index (χ1v) is 11.6. The Bertz CT molecular complexity index is 1500. The zero-order chi connectivity index (χ0) is 23.5. The molecule has 0 atom stereocenters. The smallest absolute Gasteiger partial charge is 0.274 e. The van der Waals surface area contributed by atoms with Gasteiger partial charge in [-0.15, -0.1) is 11.3 Å². The second-order valence-corrected chi connectivity index (χ2v) is 8.50. The molecule has 5 aromatic heterocycles. The molecule has 0 aromatic carbocycles. The topological polar surface area (TPSA) is 77.1 Å². The number of pyridine rings is 2. The Balaban J connectivity index is 1.27. The van der Waals surface area contributed by atoms with Crippen molar-refractivity contribution in [2.45, 2.75) is 19.9 Å². The lowest BCUT2D eigenvalue weighted by Gasteiger charge is -2.09. The largest absolute Gasteiger partial charge is 0.339 e. The molecule has 7 nitrogen and oxygen atoms in total. The number of rotatable bonds is 7. The van der Waals surface area contributed by atoms with Gasteiger partial charge in [0.2, 0.25) is 5.95 Å². The van der Waals surface area contributed by atoms with Crippen LogP contribution in [0, 0.1) is 5.95 Å². The van der Waals surface area contributed by atoms with Crippen molar-refractivity contribution in [2.75, 3.05) is 5.32 Å². The quantitative estimate of drug-likeness (QED) is 0.332. The molecule has 0 saturated carbocycles. The highest BCUT2D eigenvalue weighted by Gasteiger charge is 2.13. The van der Waals surface area contributed by atoms with Crippen LogP contribution < -0.4 is 5.32 Å². The maximum absolute atomic E-state index is 13.4. The highest BCUT2D eigenvalue weighted by molar-refractivity contribution is 7.14. The SMILES string of the molecule is CCc1cccc2nc(/C=C/c3csc(NC(=O)c4cccn4Cc4ccnc(F)c4)n3)cn12. The molecule has 5 heterocycles. The standard InChI is InChI=1S/C25H21FN6OS/c1-2-20-5-3-7-23-28-18(15-32(20)23)8-9-19-16-34-25(29-19)30-24(33)21-6-4-12-31(21)14-17-10-11-27-22(26)13-17/h3-13,15-16H,2,14H2,1H3,(H,29,30,33)/b9-8+. The van der Waals surface area contributed by atoms with Crippen molar-refractivity contribution < 1.29 is 9.18 Å². The summed E-state index contributed by atoms with van der Waals surface area (Å²) in [4.78, 5) is 25.5. The molecule has 9 heteroatoms. The van der Waals surface area contributed by atoms with E-state index >= 15 is 0 Å². The summed E-state index contributed by atoms with van der Waals surface area (Å²) < 4.78 is 17.2. The third-order valence-electron chi connectivity index (χ3n) is 5.33. The number of carbonyl (C=O) groups excluding carboxylic acids is 1. The molecule has 1 N–H and O–H groups in total. The van der Waals surface area contributed by atoms with Crippen molar-refractivity contribution in [2.24, 2.45) is 0 Å². The number of halogens is 1. The Morgan fingerprint density at radius 2 is 2.03 bits per heavy atom. The predicted molar refractivity (Wildman–Crippen MR) is 131 cm³/mol. The van der Waals surface area contributed by atoms with Gasteiger partial charge in [-0.05, 0) is 60.5 Å². The van der Waals surface area contributed by atoms with E-state index in [2.05, 4.69) is 37.7 Å². The number of carbonyl (C=O) groups is 1. The molecule has 0 aliphatic rings. The number of hydrogen-bond acceptors (Lipinski definition) is 5. The molecule has 0 aliphatic heterocycles. The van der Waals surface area contributed by atoms with Gasteiger partial charge in [0.25, 0.3) is 5.91 Å². The van der Waals surface area contributed by atoms with Crippen molar-refractivity contribution in [3.8, 4) is 0 Å². The fourth-order valence-electron chi connectivity index (χ4n) is 3.70. The number of hydrogen-bond donors (Lipinski definition) is 1. The Morgan fingerprint density at radius 3 is 2.88 bits per heavy atom. The van der Waals surface area contributed by atoms with Gasteiger partial charge in [0, 0.05) is 36.2 Å². The first-order chi connectivity index (χ1) is 16.6. The summed E-state index contributed by atoms with van der Waals surface area (Å²) in [6.45, 7) is 2.48. The van der Waals surface area contributed by atoms with E-state index in [0.29, 0.717) is 17.4 Å². The van der Waals surface area contributed by atoms with Crippen LogP contribution in [0.1, 0.15) is 40.1 Å². The summed E-state index contributed by atoms with van der Waals surface area (Å²) in [6, 6.07) is 12.6. The number of fused-ring (bicyclic) bond motifs is 1.